The molecule has 0 fully saturated rings. The van der Waals surface area contributed by atoms with Crippen molar-refractivity contribution in [1.82, 2.24) is 9.97 Å². The number of carboxylic acid groups (broad SMARTS) is 1. The van der Waals surface area contributed by atoms with Gasteiger partial charge in [0.15, 0.2) is 0 Å². The van der Waals surface area contributed by atoms with Crippen LogP contribution in [0.3, 0.4) is 0 Å². The molecule has 1 aliphatic rings. The average molecular weight is 238 g/mol. The van der Waals surface area contributed by atoms with Crippen LogP contribution >= 0.6 is 11.8 Å². The van der Waals surface area contributed by atoms with E-state index in [0.717, 1.165) is 35.8 Å². The number of aryl methyl sites for hydroxylation is 2. The van der Waals surface area contributed by atoms with Gasteiger partial charge in [-0.15, -0.1) is 0 Å². The summed E-state index contributed by atoms with van der Waals surface area (Å²) in [5, 5.41) is 9.55. The Balaban J connectivity index is 2.28. The molecule has 1 aromatic rings. The summed E-state index contributed by atoms with van der Waals surface area (Å²) in [4.78, 5) is 19.3. The van der Waals surface area contributed by atoms with Gasteiger partial charge in [0.2, 0.25) is 0 Å². The van der Waals surface area contributed by atoms with Crippen LogP contribution in [0.4, 0.5) is 0 Å². The number of rotatable bonds is 3. The van der Waals surface area contributed by atoms with Crippen LogP contribution in [-0.4, -0.2) is 26.8 Å². The molecule has 0 unspecified atom stereocenters. The fraction of sp³-hybridized carbons (Fsp3) is 0.545. The lowest BCUT2D eigenvalue weighted by atomic mass is 9.97. The number of carboxylic acids is 1. The Morgan fingerprint density at radius 3 is 2.88 bits per heavy atom. The lowest BCUT2D eigenvalue weighted by molar-refractivity contribution is -0.133. The lowest BCUT2D eigenvalue weighted by Crippen LogP contribution is -2.11. The SMILES string of the molecule is Cc1nc2c(c(SCC(=O)O)n1)CCCC2. The molecule has 0 atom stereocenters. The van der Waals surface area contributed by atoms with Crippen molar-refractivity contribution in [2.75, 3.05) is 5.75 Å². The summed E-state index contributed by atoms with van der Waals surface area (Å²) >= 11 is 1.31. The Morgan fingerprint density at radius 1 is 1.38 bits per heavy atom. The second-order valence-electron chi connectivity index (χ2n) is 3.89. The standard InChI is InChI=1S/C11H14N2O2S/c1-7-12-9-5-3-2-4-8(9)11(13-7)16-6-10(14)15/h2-6H2,1H3,(H,14,15). The minimum Gasteiger partial charge on any atom is -0.481 e. The second kappa shape index (κ2) is 4.82. The molecule has 1 heterocycles. The number of nitrogens with zero attached hydrogens (tertiary/aromatic N) is 2. The van der Waals surface area contributed by atoms with Crippen LogP contribution in [0.5, 0.6) is 0 Å². The van der Waals surface area contributed by atoms with E-state index in [2.05, 4.69) is 9.97 Å². The highest BCUT2D eigenvalue weighted by Crippen LogP contribution is 2.28. The van der Waals surface area contributed by atoms with Gasteiger partial charge in [-0.3, -0.25) is 4.79 Å². The van der Waals surface area contributed by atoms with E-state index in [-0.39, 0.29) is 5.75 Å². The molecule has 1 N–H and O–H groups in total. The number of carbonyl (C=O) groups is 1. The summed E-state index contributed by atoms with van der Waals surface area (Å²) in [6.45, 7) is 1.86. The monoisotopic (exact) mass is 238 g/mol. The maximum absolute atomic E-state index is 10.6. The van der Waals surface area contributed by atoms with Gasteiger partial charge < -0.3 is 5.11 Å². The molecule has 5 heteroatoms. The Morgan fingerprint density at radius 2 is 2.12 bits per heavy atom. The number of thioether (sulfide) groups is 1. The minimum absolute atomic E-state index is 0.0723. The second-order valence-corrected chi connectivity index (χ2v) is 4.85. The molecule has 2 rings (SSSR count). The van der Waals surface area contributed by atoms with Gasteiger partial charge >= 0.3 is 5.97 Å². The molecule has 0 aliphatic heterocycles. The van der Waals surface area contributed by atoms with E-state index in [4.69, 9.17) is 5.11 Å². The Hall–Kier alpha value is -1.10. The van der Waals surface area contributed by atoms with E-state index in [1.54, 1.807) is 0 Å². The Kier molecular flexibility index (Phi) is 3.43. The zero-order chi connectivity index (χ0) is 11.5. The molecular formula is C11H14N2O2S. The molecule has 16 heavy (non-hydrogen) atoms. The smallest absolute Gasteiger partial charge is 0.313 e. The summed E-state index contributed by atoms with van der Waals surface area (Å²) in [5.41, 5.74) is 2.29. The molecule has 0 saturated carbocycles. The molecule has 0 spiro atoms. The largest absolute Gasteiger partial charge is 0.481 e. The van der Waals surface area contributed by atoms with E-state index < -0.39 is 5.97 Å². The highest BCUT2D eigenvalue weighted by molar-refractivity contribution is 7.99. The number of hydrogen-bond acceptors (Lipinski definition) is 4. The van der Waals surface area contributed by atoms with E-state index in [9.17, 15) is 4.79 Å². The van der Waals surface area contributed by atoms with E-state index >= 15 is 0 Å². The van der Waals surface area contributed by atoms with Crippen molar-refractivity contribution < 1.29 is 9.90 Å². The first-order valence-corrected chi connectivity index (χ1v) is 6.36. The summed E-state index contributed by atoms with van der Waals surface area (Å²) in [6.07, 6.45) is 4.31. The number of aliphatic carboxylic acids is 1. The van der Waals surface area contributed by atoms with Crippen molar-refractivity contribution in [3.8, 4) is 0 Å². The van der Waals surface area contributed by atoms with Gasteiger partial charge in [0.05, 0.1) is 5.75 Å². The predicted octanol–water partition coefficient (Wildman–Crippen LogP) is 1.84. The number of fused-ring (bicyclic) bond motifs is 1. The van der Waals surface area contributed by atoms with Crippen LogP contribution in [0.2, 0.25) is 0 Å². The Bertz CT molecular complexity index is 421. The molecule has 0 amide bonds. The Labute approximate surface area is 98.5 Å². The maximum atomic E-state index is 10.6. The van der Waals surface area contributed by atoms with Gasteiger partial charge in [0.1, 0.15) is 10.9 Å². The van der Waals surface area contributed by atoms with Gasteiger partial charge in [-0.1, -0.05) is 11.8 Å². The van der Waals surface area contributed by atoms with Gasteiger partial charge in [-0.25, -0.2) is 9.97 Å². The topological polar surface area (TPSA) is 63.1 Å². The molecular weight excluding hydrogens is 224 g/mol. The third-order valence-electron chi connectivity index (χ3n) is 2.59. The molecule has 0 saturated heterocycles. The third-order valence-corrected chi connectivity index (χ3v) is 3.59. The average Bonchev–Trinajstić information content (AvgIpc) is 2.25. The molecule has 86 valence electrons. The first kappa shape index (κ1) is 11.4. The van der Waals surface area contributed by atoms with Crippen molar-refractivity contribution in [1.29, 1.82) is 0 Å². The summed E-state index contributed by atoms with van der Waals surface area (Å²) in [5.74, 6) is 0.0162. The highest BCUT2D eigenvalue weighted by atomic mass is 32.2. The molecule has 0 radical (unpaired) electrons. The fourth-order valence-corrected chi connectivity index (χ4v) is 2.78. The summed E-state index contributed by atoms with van der Waals surface area (Å²) in [6, 6.07) is 0. The lowest BCUT2D eigenvalue weighted by Gasteiger charge is -2.17. The van der Waals surface area contributed by atoms with Crippen molar-refractivity contribution in [3.63, 3.8) is 0 Å². The third kappa shape index (κ3) is 2.52. The van der Waals surface area contributed by atoms with Crippen molar-refractivity contribution >= 4 is 17.7 Å². The normalized spacial score (nSPS) is 14.6. The zero-order valence-corrected chi connectivity index (χ0v) is 10.0. The van der Waals surface area contributed by atoms with Gasteiger partial charge in [-0.2, -0.15) is 0 Å². The van der Waals surface area contributed by atoms with Gasteiger partial charge in [-0.05, 0) is 32.6 Å². The molecule has 4 nitrogen and oxygen atoms in total. The van der Waals surface area contributed by atoms with E-state index in [1.807, 2.05) is 6.92 Å². The molecule has 1 aromatic heterocycles. The van der Waals surface area contributed by atoms with Crippen LogP contribution in [0.1, 0.15) is 29.9 Å². The zero-order valence-electron chi connectivity index (χ0n) is 9.19. The van der Waals surface area contributed by atoms with Crippen LogP contribution < -0.4 is 0 Å². The van der Waals surface area contributed by atoms with Crippen molar-refractivity contribution in [2.24, 2.45) is 0 Å². The predicted molar refractivity (Wildman–Crippen MR) is 61.8 cm³/mol. The number of hydrogen-bond donors (Lipinski definition) is 1. The summed E-state index contributed by atoms with van der Waals surface area (Å²) in [7, 11) is 0. The fourth-order valence-electron chi connectivity index (χ4n) is 1.93. The summed E-state index contributed by atoms with van der Waals surface area (Å²) < 4.78 is 0. The van der Waals surface area contributed by atoms with Gasteiger partial charge in [0.25, 0.3) is 0 Å². The quantitative estimate of drug-likeness (QED) is 0.643. The molecule has 0 aromatic carbocycles. The first-order chi connectivity index (χ1) is 7.66. The van der Waals surface area contributed by atoms with E-state index in [0.29, 0.717) is 0 Å². The van der Waals surface area contributed by atoms with Crippen LogP contribution in [0.15, 0.2) is 5.03 Å². The highest BCUT2D eigenvalue weighted by Gasteiger charge is 2.17. The van der Waals surface area contributed by atoms with Crippen molar-refractivity contribution in [3.05, 3.63) is 17.1 Å². The molecule has 1 aliphatic carbocycles. The van der Waals surface area contributed by atoms with Crippen LogP contribution in [0, 0.1) is 6.92 Å². The minimum atomic E-state index is -0.800. The van der Waals surface area contributed by atoms with Crippen LogP contribution in [0.25, 0.3) is 0 Å². The molecule has 0 bridgehead atoms. The van der Waals surface area contributed by atoms with Crippen molar-refractivity contribution in [2.45, 2.75) is 37.6 Å². The van der Waals surface area contributed by atoms with Crippen LogP contribution in [-0.2, 0) is 17.6 Å². The van der Waals surface area contributed by atoms with Gasteiger partial charge in [0, 0.05) is 11.3 Å². The van der Waals surface area contributed by atoms with E-state index in [1.165, 1.54) is 23.7 Å². The maximum Gasteiger partial charge on any atom is 0.313 e. The first-order valence-electron chi connectivity index (χ1n) is 5.38. The number of aromatic nitrogens is 2.